The Hall–Kier alpha value is 0.470. The molecule has 0 saturated carbocycles. The third-order valence-corrected chi connectivity index (χ3v) is 2.65. The van der Waals surface area contributed by atoms with E-state index < -0.39 is 5.97 Å². The van der Waals surface area contributed by atoms with Crippen molar-refractivity contribution in [3.05, 3.63) is 12.2 Å². The van der Waals surface area contributed by atoms with E-state index in [1.807, 2.05) is 0 Å². The third-order valence-electron chi connectivity index (χ3n) is 2.65. The molecule has 2 nitrogen and oxygen atoms in total. The summed E-state index contributed by atoms with van der Waals surface area (Å²) >= 11 is 0. The van der Waals surface area contributed by atoms with Crippen LogP contribution in [0.15, 0.2) is 12.2 Å². The minimum absolute atomic E-state index is 0. The number of hydrogen-bond acceptors (Lipinski definition) is 1. The summed E-state index contributed by atoms with van der Waals surface area (Å²) in [5.74, 6) is -0.668. The van der Waals surface area contributed by atoms with Gasteiger partial charge in [-0.2, -0.15) is 0 Å². The zero-order chi connectivity index (χ0) is 12.1. The monoisotopic (exact) mass is 268 g/mol. The molecule has 0 saturated heterocycles. The van der Waals surface area contributed by atoms with Gasteiger partial charge in [-0.25, -0.2) is 0 Å². The molecule has 17 heavy (non-hydrogen) atoms. The van der Waals surface area contributed by atoms with Crippen LogP contribution in [0.4, 0.5) is 0 Å². The summed E-state index contributed by atoms with van der Waals surface area (Å²) in [5.41, 5.74) is 0. The number of carboxylic acid groups (broad SMARTS) is 1. The molecule has 0 aromatic carbocycles. The van der Waals surface area contributed by atoms with Gasteiger partial charge in [-0.3, -0.25) is 4.79 Å². The fourth-order valence-electron chi connectivity index (χ4n) is 1.63. The Balaban J connectivity index is 0. The molecule has 0 unspecified atom stereocenters. The van der Waals surface area contributed by atoms with Crippen molar-refractivity contribution in [2.75, 3.05) is 0 Å². The zero-order valence-corrected chi connectivity index (χ0v) is 10.6. The first kappa shape index (κ1) is 19.8. The van der Waals surface area contributed by atoms with Gasteiger partial charge in [0, 0.05) is 6.42 Å². The first-order valence-electron chi connectivity index (χ1n) is 6.64. The molecule has 3 heteroatoms. The molecule has 0 atom stereocenters. The van der Waals surface area contributed by atoms with Crippen LogP contribution in [0.25, 0.3) is 0 Å². The fourth-order valence-corrected chi connectivity index (χ4v) is 1.63. The number of carboxylic acids is 1. The summed E-state index contributed by atoms with van der Waals surface area (Å²) in [6.45, 7) is 2.21. The van der Waals surface area contributed by atoms with Crippen molar-refractivity contribution in [1.82, 2.24) is 0 Å². The second kappa shape index (κ2) is 16.5. The second-order valence-corrected chi connectivity index (χ2v) is 4.31. The van der Waals surface area contributed by atoms with Crippen LogP contribution in [-0.4, -0.2) is 48.8 Å². The first-order chi connectivity index (χ1) is 7.77. The number of aliphatic carboxylic acids is 1. The molecule has 1 N–H and O–H groups in total. The Kier molecular flexibility index (Phi) is 19.2. The van der Waals surface area contributed by atoms with Crippen molar-refractivity contribution in [3.63, 3.8) is 0 Å². The van der Waals surface area contributed by atoms with Crippen molar-refractivity contribution in [2.24, 2.45) is 0 Å². The molecular weight excluding hydrogens is 240 g/mol. The van der Waals surface area contributed by atoms with Gasteiger partial charge >= 0.3 is 43.7 Å². The maximum absolute atomic E-state index is 10.3. The molecule has 0 spiro atoms. The Morgan fingerprint density at radius 1 is 0.941 bits per heavy atom. The molecule has 0 aliphatic rings. The maximum atomic E-state index is 10.3. The molecule has 0 radical (unpaired) electrons. The summed E-state index contributed by atoms with van der Waals surface area (Å²) in [7, 11) is 0. The molecule has 0 aromatic heterocycles. The van der Waals surface area contributed by atoms with Crippen molar-refractivity contribution in [2.45, 2.75) is 71.1 Å². The summed E-state index contributed by atoms with van der Waals surface area (Å²) in [6, 6.07) is 0. The van der Waals surface area contributed by atoms with Crippen molar-refractivity contribution in [3.8, 4) is 0 Å². The molecule has 0 aliphatic heterocycles. The van der Waals surface area contributed by atoms with Crippen LogP contribution in [-0.2, 0) is 4.79 Å². The average Bonchev–Trinajstić information content (AvgIpc) is 2.25. The van der Waals surface area contributed by atoms with Gasteiger partial charge in [0.1, 0.15) is 0 Å². The number of hydrogen-bond donors (Lipinski definition) is 1. The predicted octanol–water partition coefficient (Wildman–Crippen LogP) is 3.63. The normalized spacial score (nSPS) is 10.4. The van der Waals surface area contributed by atoms with Crippen LogP contribution in [0, 0.1) is 0 Å². The molecule has 0 aromatic rings. The van der Waals surface area contributed by atoms with E-state index in [0.29, 0.717) is 6.42 Å². The quantitative estimate of drug-likeness (QED) is 0.353. The van der Waals surface area contributed by atoms with Crippen LogP contribution in [0.5, 0.6) is 0 Å². The van der Waals surface area contributed by atoms with Gasteiger partial charge in [-0.1, -0.05) is 51.2 Å². The van der Waals surface area contributed by atoms with E-state index in [2.05, 4.69) is 19.1 Å². The van der Waals surface area contributed by atoms with Gasteiger partial charge in [0.15, 0.2) is 0 Å². The van der Waals surface area contributed by atoms with E-state index in [9.17, 15) is 4.79 Å². The van der Waals surface area contributed by atoms with Gasteiger partial charge in [0.25, 0.3) is 0 Å². The van der Waals surface area contributed by atoms with Crippen molar-refractivity contribution in [1.29, 1.82) is 0 Å². The summed E-state index contributed by atoms with van der Waals surface area (Å²) in [5, 5.41) is 8.45. The van der Waals surface area contributed by atoms with Crippen LogP contribution >= 0.6 is 0 Å². The van der Waals surface area contributed by atoms with E-state index in [1.54, 1.807) is 0 Å². The third kappa shape index (κ3) is 19.0. The Labute approximate surface area is 136 Å². The van der Waals surface area contributed by atoms with Crippen molar-refractivity contribution < 1.29 is 9.90 Å². The van der Waals surface area contributed by atoms with Gasteiger partial charge in [0.05, 0.1) is 0 Å². The molecule has 0 aliphatic carbocycles. The minimum atomic E-state index is -0.668. The number of rotatable bonds is 11. The second-order valence-electron chi connectivity index (χ2n) is 4.31. The van der Waals surface area contributed by atoms with Gasteiger partial charge in [-0.05, 0) is 25.7 Å². The molecule has 0 fully saturated rings. The van der Waals surface area contributed by atoms with Gasteiger partial charge < -0.3 is 5.11 Å². The van der Waals surface area contributed by atoms with E-state index in [4.69, 9.17) is 5.11 Å². The number of allylic oxidation sites excluding steroid dienone is 2. The van der Waals surface area contributed by atoms with Crippen LogP contribution in [0.3, 0.4) is 0 Å². The summed E-state index contributed by atoms with van der Waals surface area (Å²) < 4.78 is 0. The zero-order valence-electron chi connectivity index (χ0n) is 10.6. The molecule has 0 amide bonds. The molecule has 0 bridgehead atoms. The Bertz CT molecular complexity index is 191. The molecule has 0 rings (SSSR count). The standard InChI is InChI=1S/C14H26O2.Ca.2H/c1-2-3-4-5-6-7-8-9-10-11-12-13-14(15)16;;;/h5-6H,2-4,7-13H2,1H3,(H,15,16);;;/b6-5-;;;. The fraction of sp³-hybridized carbons (Fsp3) is 0.786. The topological polar surface area (TPSA) is 37.3 Å². The Morgan fingerprint density at radius 2 is 1.47 bits per heavy atom. The van der Waals surface area contributed by atoms with Crippen LogP contribution in [0.1, 0.15) is 71.1 Å². The number of unbranched alkanes of at least 4 members (excludes halogenated alkanes) is 7. The molecule has 98 valence electrons. The van der Waals surface area contributed by atoms with Gasteiger partial charge in [-0.15, -0.1) is 0 Å². The van der Waals surface area contributed by atoms with Crippen molar-refractivity contribution >= 4 is 43.7 Å². The average molecular weight is 268 g/mol. The number of carbonyl (C=O) groups is 1. The summed E-state index contributed by atoms with van der Waals surface area (Å²) in [6.07, 6.45) is 15.4. The van der Waals surface area contributed by atoms with Gasteiger partial charge in [0.2, 0.25) is 0 Å². The Morgan fingerprint density at radius 3 is 2.06 bits per heavy atom. The van der Waals surface area contributed by atoms with Crippen LogP contribution < -0.4 is 0 Å². The van der Waals surface area contributed by atoms with E-state index in [0.717, 1.165) is 12.8 Å². The SMILES string of the molecule is CCCC/C=C\CCCCCCCC(=O)O.[CaH2]. The van der Waals surface area contributed by atoms with E-state index in [-0.39, 0.29) is 37.7 Å². The van der Waals surface area contributed by atoms with E-state index >= 15 is 0 Å². The first-order valence-corrected chi connectivity index (χ1v) is 6.64. The molecule has 0 heterocycles. The molecular formula is C14H28CaO2. The van der Waals surface area contributed by atoms with E-state index in [1.165, 1.54) is 44.9 Å². The van der Waals surface area contributed by atoms with Crippen LogP contribution in [0.2, 0.25) is 0 Å². The summed E-state index contributed by atoms with van der Waals surface area (Å²) in [4.78, 5) is 10.3. The predicted molar refractivity (Wildman–Crippen MR) is 77.2 cm³/mol.